The lowest BCUT2D eigenvalue weighted by molar-refractivity contribution is 0.156. The molecule has 0 amide bonds. The van der Waals surface area contributed by atoms with E-state index in [4.69, 9.17) is 0 Å². The largest absolute Gasteiger partial charge is 0.290 e. The smallest absolute Gasteiger partial charge is 0.246 e. The SMILES string of the molecule is Cn1cc(S(=O)(=O)N2CCN(C(c3ccccc3)c3ccccc3)CC2)c(-c2ccccc2)n1. The Balaban J connectivity index is 1.40. The molecule has 0 radical (unpaired) electrons. The highest BCUT2D eigenvalue weighted by molar-refractivity contribution is 7.89. The molecule has 0 unspecified atom stereocenters. The number of piperazine rings is 1. The predicted molar refractivity (Wildman–Crippen MR) is 134 cm³/mol. The van der Waals surface area contributed by atoms with E-state index in [9.17, 15) is 8.42 Å². The van der Waals surface area contributed by atoms with E-state index < -0.39 is 10.0 Å². The minimum Gasteiger partial charge on any atom is -0.290 e. The Morgan fingerprint density at radius 3 is 1.76 bits per heavy atom. The van der Waals surface area contributed by atoms with Gasteiger partial charge in [0.15, 0.2) is 0 Å². The van der Waals surface area contributed by atoms with Crippen molar-refractivity contribution >= 4 is 10.0 Å². The van der Waals surface area contributed by atoms with Crippen LogP contribution in [-0.4, -0.2) is 53.6 Å². The van der Waals surface area contributed by atoms with E-state index in [-0.39, 0.29) is 10.9 Å². The third-order valence-electron chi connectivity index (χ3n) is 6.33. The van der Waals surface area contributed by atoms with E-state index >= 15 is 0 Å². The number of rotatable bonds is 6. The highest BCUT2D eigenvalue weighted by Gasteiger charge is 2.34. The van der Waals surface area contributed by atoms with Gasteiger partial charge in [0.2, 0.25) is 10.0 Å². The van der Waals surface area contributed by atoms with Gasteiger partial charge in [-0.25, -0.2) is 8.42 Å². The Kier molecular flexibility index (Phi) is 6.32. The number of aryl methyl sites for hydroxylation is 1. The number of nitrogens with zero attached hydrogens (tertiary/aromatic N) is 4. The van der Waals surface area contributed by atoms with Crippen LogP contribution in [0.25, 0.3) is 11.3 Å². The van der Waals surface area contributed by atoms with Crippen LogP contribution < -0.4 is 0 Å². The zero-order chi connectivity index (χ0) is 23.5. The van der Waals surface area contributed by atoms with Crippen molar-refractivity contribution in [2.45, 2.75) is 10.9 Å². The fourth-order valence-electron chi connectivity index (χ4n) is 4.68. The Morgan fingerprint density at radius 1 is 0.735 bits per heavy atom. The van der Waals surface area contributed by atoms with Gasteiger partial charge in [-0.15, -0.1) is 0 Å². The van der Waals surface area contributed by atoms with E-state index in [1.807, 2.05) is 42.5 Å². The van der Waals surface area contributed by atoms with Gasteiger partial charge < -0.3 is 0 Å². The Hall–Kier alpha value is -3.26. The summed E-state index contributed by atoms with van der Waals surface area (Å²) in [6, 6.07) is 30.4. The molecular weight excluding hydrogens is 444 g/mol. The molecule has 0 atom stereocenters. The number of aromatic nitrogens is 2. The molecular formula is C27H28N4O2S. The van der Waals surface area contributed by atoms with Crippen LogP contribution in [0.5, 0.6) is 0 Å². The second kappa shape index (κ2) is 9.54. The van der Waals surface area contributed by atoms with Crippen LogP contribution in [0.4, 0.5) is 0 Å². The molecule has 1 aliphatic heterocycles. The molecule has 2 heterocycles. The minimum absolute atomic E-state index is 0.0884. The highest BCUT2D eigenvalue weighted by Crippen LogP contribution is 2.32. The summed E-state index contributed by atoms with van der Waals surface area (Å²) in [7, 11) is -1.92. The van der Waals surface area contributed by atoms with Gasteiger partial charge in [0.25, 0.3) is 0 Å². The van der Waals surface area contributed by atoms with Crippen molar-refractivity contribution in [1.82, 2.24) is 19.0 Å². The van der Waals surface area contributed by atoms with Gasteiger partial charge in [0.1, 0.15) is 10.6 Å². The lowest BCUT2D eigenvalue weighted by Crippen LogP contribution is -2.49. The van der Waals surface area contributed by atoms with Crippen molar-refractivity contribution in [3.05, 3.63) is 108 Å². The van der Waals surface area contributed by atoms with Crippen LogP contribution >= 0.6 is 0 Å². The van der Waals surface area contributed by atoms with Crippen LogP contribution in [0.15, 0.2) is 102 Å². The number of hydrogen-bond acceptors (Lipinski definition) is 4. The average molecular weight is 473 g/mol. The van der Waals surface area contributed by atoms with E-state index in [0.717, 1.165) is 5.56 Å². The molecule has 0 spiro atoms. The van der Waals surface area contributed by atoms with E-state index in [0.29, 0.717) is 31.9 Å². The Morgan fingerprint density at radius 2 is 1.24 bits per heavy atom. The molecule has 1 fully saturated rings. The van der Waals surface area contributed by atoms with Crippen molar-refractivity contribution in [2.75, 3.05) is 26.2 Å². The Labute approximate surface area is 201 Å². The highest BCUT2D eigenvalue weighted by atomic mass is 32.2. The fourth-order valence-corrected chi connectivity index (χ4v) is 6.29. The van der Waals surface area contributed by atoms with E-state index in [1.54, 1.807) is 22.2 Å². The molecule has 7 heteroatoms. The summed E-state index contributed by atoms with van der Waals surface area (Å²) in [5.41, 5.74) is 3.72. The van der Waals surface area contributed by atoms with Crippen molar-refractivity contribution in [2.24, 2.45) is 7.05 Å². The zero-order valence-electron chi connectivity index (χ0n) is 19.2. The summed E-state index contributed by atoms with van der Waals surface area (Å²) in [6.45, 7) is 2.16. The van der Waals surface area contributed by atoms with Crippen molar-refractivity contribution in [3.63, 3.8) is 0 Å². The Bertz CT molecular complexity index is 1290. The molecule has 1 aromatic heterocycles. The number of hydrogen-bond donors (Lipinski definition) is 0. The van der Waals surface area contributed by atoms with Crippen molar-refractivity contribution < 1.29 is 8.42 Å². The van der Waals surface area contributed by atoms with E-state index in [1.165, 1.54) is 11.1 Å². The fraction of sp³-hybridized carbons (Fsp3) is 0.222. The summed E-state index contributed by atoms with van der Waals surface area (Å²) >= 11 is 0. The van der Waals surface area contributed by atoms with Gasteiger partial charge in [-0.2, -0.15) is 9.40 Å². The number of benzene rings is 3. The summed E-state index contributed by atoms with van der Waals surface area (Å²) in [4.78, 5) is 2.63. The maximum Gasteiger partial charge on any atom is 0.246 e. The first kappa shape index (κ1) is 22.5. The normalized spacial score (nSPS) is 15.6. The van der Waals surface area contributed by atoms with Gasteiger partial charge in [0, 0.05) is 45.0 Å². The summed E-state index contributed by atoms with van der Waals surface area (Å²) in [5, 5.41) is 4.46. The van der Waals surface area contributed by atoms with Crippen LogP contribution in [0, 0.1) is 0 Å². The first-order valence-corrected chi connectivity index (χ1v) is 12.9. The van der Waals surface area contributed by atoms with Gasteiger partial charge in [-0.05, 0) is 11.1 Å². The topological polar surface area (TPSA) is 58.4 Å². The van der Waals surface area contributed by atoms with Gasteiger partial charge in [0.05, 0.1) is 6.04 Å². The monoisotopic (exact) mass is 472 g/mol. The molecule has 0 N–H and O–H groups in total. The molecule has 4 aromatic rings. The number of sulfonamides is 1. The van der Waals surface area contributed by atoms with E-state index in [2.05, 4.69) is 58.5 Å². The van der Waals surface area contributed by atoms with Crippen LogP contribution in [0.3, 0.4) is 0 Å². The molecule has 0 aliphatic carbocycles. The molecule has 1 saturated heterocycles. The van der Waals surface area contributed by atoms with Crippen molar-refractivity contribution in [3.8, 4) is 11.3 Å². The molecule has 34 heavy (non-hydrogen) atoms. The third kappa shape index (κ3) is 4.42. The maximum absolute atomic E-state index is 13.7. The molecule has 1 aliphatic rings. The third-order valence-corrected chi connectivity index (χ3v) is 8.23. The standard InChI is InChI=1S/C27H28N4O2S/c1-29-21-25(26(28-29)22-11-5-2-6-12-22)34(32,33)31-19-17-30(18-20-31)27(23-13-7-3-8-14-23)24-15-9-4-10-16-24/h2-16,21,27H,17-20H2,1H3. The minimum atomic E-state index is -3.68. The van der Waals surface area contributed by atoms with Crippen molar-refractivity contribution in [1.29, 1.82) is 0 Å². The molecule has 3 aromatic carbocycles. The second-order valence-corrected chi connectivity index (χ2v) is 10.5. The van der Waals surface area contributed by atoms with Crippen LogP contribution in [-0.2, 0) is 17.1 Å². The molecule has 6 nitrogen and oxygen atoms in total. The summed E-state index contributed by atoms with van der Waals surface area (Å²) in [6.07, 6.45) is 1.61. The van der Waals surface area contributed by atoms with Crippen LogP contribution in [0.1, 0.15) is 17.2 Å². The van der Waals surface area contributed by atoms with Gasteiger partial charge in [-0.1, -0.05) is 91.0 Å². The molecule has 5 rings (SSSR count). The quantitative estimate of drug-likeness (QED) is 0.422. The van der Waals surface area contributed by atoms with Gasteiger partial charge >= 0.3 is 0 Å². The zero-order valence-corrected chi connectivity index (χ0v) is 20.0. The lowest BCUT2D eigenvalue weighted by Gasteiger charge is -2.39. The summed E-state index contributed by atoms with van der Waals surface area (Å²) in [5.74, 6) is 0. The first-order valence-electron chi connectivity index (χ1n) is 11.5. The summed E-state index contributed by atoms with van der Waals surface area (Å²) < 4.78 is 30.5. The van der Waals surface area contributed by atoms with Crippen LogP contribution in [0.2, 0.25) is 0 Å². The average Bonchev–Trinajstić information content (AvgIpc) is 3.29. The molecule has 0 bridgehead atoms. The molecule has 174 valence electrons. The molecule has 0 saturated carbocycles. The maximum atomic E-state index is 13.7. The van der Waals surface area contributed by atoms with Gasteiger partial charge in [-0.3, -0.25) is 9.58 Å². The lowest BCUT2D eigenvalue weighted by atomic mass is 9.96. The predicted octanol–water partition coefficient (Wildman–Crippen LogP) is 4.18. The second-order valence-electron chi connectivity index (χ2n) is 8.55. The first-order chi connectivity index (χ1) is 16.5.